The molecule has 1 aliphatic heterocycles. The molecule has 20 heavy (non-hydrogen) atoms. The average molecular weight is 281 g/mol. The highest BCUT2D eigenvalue weighted by Gasteiger charge is 2.32. The number of aromatic nitrogens is 2. The number of hydrogen-bond donors (Lipinski definition) is 0. The average Bonchev–Trinajstić information content (AvgIpc) is 3.10. The zero-order chi connectivity index (χ0) is 14.2. The Morgan fingerprint density at radius 3 is 2.40 bits per heavy atom. The van der Waals surface area contributed by atoms with Gasteiger partial charge < -0.3 is 4.90 Å². The van der Waals surface area contributed by atoms with Gasteiger partial charge >= 0.3 is 6.18 Å². The van der Waals surface area contributed by atoms with Gasteiger partial charge in [0, 0.05) is 25.5 Å². The Balaban J connectivity index is 2.09. The lowest BCUT2D eigenvalue weighted by Crippen LogP contribution is -2.21. The second kappa shape index (κ2) is 4.85. The third kappa shape index (κ3) is 2.37. The van der Waals surface area contributed by atoms with Crippen LogP contribution in [-0.4, -0.2) is 22.9 Å². The van der Waals surface area contributed by atoms with Crippen molar-refractivity contribution in [3.05, 3.63) is 42.2 Å². The lowest BCUT2D eigenvalue weighted by Gasteiger charge is -2.22. The number of hydrogen-bond acceptors (Lipinski definition) is 2. The van der Waals surface area contributed by atoms with E-state index in [2.05, 4.69) is 5.10 Å². The molecule has 0 N–H and O–H groups in total. The molecule has 0 radical (unpaired) electrons. The molecule has 2 heterocycles. The summed E-state index contributed by atoms with van der Waals surface area (Å²) in [6, 6.07) is 5.58. The van der Waals surface area contributed by atoms with E-state index in [1.807, 2.05) is 4.90 Å². The maximum atomic E-state index is 12.9. The molecular formula is C14H14F3N3. The molecule has 3 rings (SSSR count). The largest absolute Gasteiger partial charge is 0.416 e. The fraction of sp³-hybridized carbons (Fsp3) is 0.357. The fourth-order valence-electron chi connectivity index (χ4n) is 2.52. The Kier molecular flexibility index (Phi) is 3.16. The molecule has 3 nitrogen and oxygen atoms in total. The number of benzene rings is 1. The molecule has 0 bridgehead atoms. The van der Waals surface area contributed by atoms with Crippen LogP contribution in [0.5, 0.6) is 0 Å². The molecule has 2 aromatic rings. The summed E-state index contributed by atoms with van der Waals surface area (Å²) in [5.41, 5.74) is 0.668. The van der Waals surface area contributed by atoms with E-state index in [0.29, 0.717) is 11.4 Å². The first kappa shape index (κ1) is 13.0. The monoisotopic (exact) mass is 281 g/mol. The topological polar surface area (TPSA) is 21.1 Å². The molecule has 0 amide bonds. The fourth-order valence-corrected chi connectivity index (χ4v) is 2.52. The second-order valence-corrected chi connectivity index (χ2v) is 4.85. The molecule has 1 fully saturated rings. The van der Waals surface area contributed by atoms with Crippen molar-refractivity contribution >= 4 is 5.69 Å². The summed E-state index contributed by atoms with van der Waals surface area (Å²) in [7, 11) is 0. The molecule has 0 saturated carbocycles. The highest BCUT2D eigenvalue weighted by Crippen LogP contribution is 2.35. The minimum atomic E-state index is -4.32. The Bertz CT molecular complexity index is 584. The van der Waals surface area contributed by atoms with Crippen molar-refractivity contribution < 1.29 is 13.2 Å². The van der Waals surface area contributed by atoms with Gasteiger partial charge in [0.05, 0.1) is 16.9 Å². The molecule has 106 valence electrons. The normalized spacial score (nSPS) is 15.8. The van der Waals surface area contributed by atoms with Crippen LogP contribution in [0, 0.1) is 0 Å². The standard InChI is InChI=1S/C14H14F3N3/c15-14(16,17)11-4-5-12(20-9-3-6-18-20)13(10-11)19-7-1-2-8-19/h3-6,9-10H,1-2,7-8H2. The summed E-state index contributed by atoms with van der Waals surface area (Å²) in [4.78, 5) is 1.99. The van der Waals surface area contributed by atoms with E-state index in [-0.39, 0.29) is 0 Å². The van der Waals surface area contributed by atoms with Crippen LogP contribution < -0.4 is 4.90 Å². The van der Waals surface area contributed by atoms with Crippen LogP contribution >= 0.6 is 0 Å². The second-order valence-electron chi connectivity index (χ2n) is 4.85. The first-order valence-electron chi connectivity index (χ1n) is 6.52. The number of alkyl halides is 3. The molecule has 0 spiro atoms. The van der Waals surface area contributed by atoms with Crippen molar-refractivity contribution in [3.8, 4) is 5.69 Å². The van der Waals surface area contributed by atoms with Crippen LogP contribution in [0.3, 0.4) is 0 Å². The van der Waals surface area contributed by atoms with Crippen molar-refractivity contribution in [2.24, 2.45) is 0 Å². The van der Waals surface area contributed by atoms with Crippen LogP contribution in [0.2, 0.25) is 0 Å². The zero-order valence-electron chi connectivity index (χ0n) is 10.8. The Labute approximate surface area is 114 Å². The first-order valence-corrected chi connectivity index (χ1v) is 6.52. The maximum absolute atomic E-state index is 12.9. The van der Waals surface area contributed by atoms with E-state index in [9.17, 15) is 13.2 Å². The molecule has 1 aliphatic rings. The van der Waals surface area contributed by atoms with Crippen molar-refractivity contribution in [1.29, 1.82) is 0 Å². The lowest BCUT2D eigenvalue weighted by atomic mass is 10.1. The van der Waals surface area contributed by atoms with E-state index in [0.717, 1.165) is 32.0 Å². The van der Waals surface area contributed by atoms with E-state index in [4.69, 9.17) is 0 Å². The Morgan fingerprint density at radius 2 is 1.80 bits per heavy atom. The summed E-state index contributed by atoms with van der Waals surface area (Å²) < 4.78 is 40.3. The molecule has 1 saturated heterocycles. The molecule has 1 aromatic heterocycles. The third-order valence-electron chi connectivity index (χ3n) is 3.50. The first-order chi connectivity index (χ1) is 9.55. The third-order valence-corrected chi connectivity index (χ3v) is 3.50. The van der Waals surface area contributed by atoms with Gasteiger partial charge in [0.25, 0.3) is 0 Å². The van der Waals surface area contributed by atoms with Gasteiger partial charge in [0.1, 0.15) is 0 Å². The van der Waals surface area contributed by atoms with E-state index in [1.54, 1.807) is 23.1 Å². The predicted octanol–water partition coefficient (Wildman–Crippen LogP) is 3.49. The summed E-state index contributed by atoms with van der Waals surface area (Å²) in [5, 5.41) is 4.12. The Morgan fingerprint density at radius 1 is 1.05 bits per heavy atom. The molecule has 0 aliphatic carbocycles. The Hall–Kier alpha value is -1.98. The minimum Gasteiger partial charge on any atom is -0.370 e. The number of anilines is 1. The van der Waals surface area contributed by atoms with Crippen LogP contribution in [0.4, 0.5) is 18.9 Å². The minimum absolute atomic E-state index is 0.598. The van der Waals surface area contributed by atoms with E-state index >= 15 is 0 Å². The zero-order valence-corrected chi connectivity index (χ0v) is 10.8. The summed E-state index contributed by atoms with van der Waals surface area (Å²) in [6.45, 7) is 1.57. The number of rotatable bonds is 2. The van der Waals surface area contributed by atoms with E-state index in [1.165, 1.54) is 12.1 Å². The quantitative estimate of drug-likeness (QED) is 0.840. The van der Waals surface area contributed by atoms with Gasteiger partial charge in [-0.3, -0.25) is 0 Å². The number of halogens is 3. The smallest absolute Gasteiger partial charge is 0.370 e. The van der Waals surface area contributed by atoms with Crippen LogP contribution in [0.1, 0.15) is 18.4 Å². The maximum Gasteiger partial charge on any atom is 0.416 e. The SMILES string of the molecule is FC(F)(F)c1ccc(-n2cccn2)c(N2CCCC2)c1. The van der Waals surface area contributed by atoms with Gasteiger partial charge in [-0.05, 0) is 37.1 Å². The van der Waals surface area contributed by atoms with Gasteiger partial charge in [0.15, 0.2) is 0 Å². The molecular weight excluding hydrogens is 267 g/mol. The lowest BCUT2D eigenvalue weighted by molar-refractivity contribution is -0.137. The molecule has 1 aromatic carbocycles. The van der Waals surface area contributed by atoms with Gasteiger partial charge in [-0.1, -0.05) is 0 Å². The van der Waals surface area contributed by atoms with Gasteiger partial charge in [0.2, 0.25) is 0 Å². The van der Waals surface area contributed by atoms with Crippen LogP contribution in [0.25, 0.3) is 5.69 Å². The van der Waals surface area contributed by atoms with Crippen molar-refractivity contribution in [2.75, 3.05) is 18.0 Å². The van der Waals surface area contributed by atoms with Gasteiger partial charge in [-0.15, -0.1) is 0 Å². The summed E-state index contributed by atoms with van der Waals surface area (Å²) >= 11 is 0. The number of nitrogens with zero attached hydrogens (tertiary/aromatic N) is 3. The van der Waals surface area contributed by atoms with Gasteiger partial charge in [-0.25, -0.2) is 4.68 Å². The van der Waals surface area contributed by atoms with Gasteiger partial charge in [-0.2, -0.15) is 18.3 Å². The van der Waals surface area contributed by atoms with Crippen LogP contribution in [0.15, 0.2) is 36.7 Å². The predicted molar refractivity (Wildman–Crippen MR) is 70.0 cm³/mol. The van der Waals surface area contributed by atoms with Crippen molar-refractivity contribution in [3.63, 3.8) is 0 Å². The molecule has 6 heteroatoms. The van der Waals surface area contributed by atoms with Crippen LogP contribution in [-0.2, 0) is 6.18 Å². The highest BCUT2D eigenvalue weighted by molar-refractivity contribution is 5.64. The van der Waals surface area contributed by atoms with E-state index < -0.39 is 11.7 Å². The molecule has 0 unspecified atom stereocenters. The molecule has 0 atom stereocenters. The summed E-state index contributed by atoms with van der Waals surface area (Å²) in [6.07, 6.45) is 1.05. The van der Waals surface area contributed by atoms with Crippen molar-refractivity contribution in [2.45, 2.75) is 19.0 Å². The highest BCUT2D eigenvalue weighted by atomic mass is 19.4. The van der Waals surface area contributed by atoms with Crippen molar-refractivity contribution in [1.82, 2.24) is 9.78 Å². The summed E-state index contributed by atoms with van der Waals surface area (Å²) in [5.74, 6) is 0.